The maximum absolute atomic E-state index is 12.2. The largest absolute Gasteiger partial charge is 0.478 e. The minimum absolute atomic E-state index is 0.0899. The van der Waals surface area contributed by atoms with E-state index in [1.165, 1.54) is 25.1 Å². The van der Waals surface area contributed by atoms with Gasteiger partial charge >= 0.3 is 12.6 Å². The van der Waals surface area contributed by atoms with Crippen LogP contribution in [-0.4, -0.2) is 22.3 Å². The number of nitrogens with zero attached hydrogens (tertiary/aromatic N) is 1. The molecule has 6 heteroatoms. The molecule has 2 rings (SSSR count). The number of aliphatic carboxylic acids is 1. The number of benzene rings is 1. The Morgan fingerprint density at radius 2 is 1.92 bits per heavy atom. The lowest BCUT2D eigenvalue weighted by molar-refractivity contribution is -0.132. The second kappa shape index (κ2) is 8.10. The third-order valence-corrected chi connectivity index (χ3v) is 3.46. The van der Waals surface area contributed by atoms with Gasteiger partial charge in [0, 0.05) is 23.7 Å². The van der Waals surface area contributed by atoms with E-state index in [2.05, 4.69) is 11.3 Å². The summed E-state index contributed by atoms with van der Waals surface area (Å²) in [7, 11) is 0. The molecule has 4 nitrogen and oxygen atoms in total. The first-order chi connectivity index (χ1) is 11.9. The van der Waals surface area contributed by atoms with Crippen molar-refractivity contribution < 1.29 is 23.4 Å². The summed E-state index contributed by atoms with van der Waals surface area (Å²) < 4.78 is 30.5. The van der Waals surface area contributed by atoms with E-state index >= 15 is 0 Å². The summed E-state index contributed by atoms with van der Waals surface area (Å²) in [6.07, 6.45) is 8.46. The maximum atomic E-state index is 12.2. The van der Waals surface area contributed by atoms with Crippen molar-refractivity contribution in [3.63, 3.8) is 0 Å². The number of allylic oxidation sites excluding steroid dienone is 4. The molecule has 0 atom stereocenters. The first-order valence-electron chi connectivity index (χ1n) is 7.38. The van der Waals surface area contributed by atoms with Crippen LogP contribution in [0.4, 0.5) is 8.78 Å². The molecular formula is C19H17F2NO3. The summed E-state index contributed by atoms with van der Waals surface area (Å²) in [6, 6.07) is 8.09. The second-order valence-electron chi connectivity index (χ2n) is 5.16. The van der Waals surface area contributed by atoms with Crippen molar-refractivity contribution in [3.05, 3.63) is 78.7 Å². The van der Waals surface area contributed by atoms with E-state index < -0.39 is 12.6 Å². The van der Waals surface area contributed by atoms with Gasteiger partial charge in [-0.3, -0.25) is 0 Å². The number of rotatable bonds is 7. The van der Waals surface area contributed by atoms with Crippen molar-refractivity contribution in [3.8, 4) is 11.4 Å². The fraction of sp³-hybridized carbons (Fsp3) is 0.105. The van der Waals surface area contributed by atoms with E-state index in [1.807, 2.05) is 23.0 Å². The van der Waals surface area contributed by atoms with Crippen molar-refractivity contribution in [2.75, 3.05) is 0 Å². The molecule has 0 aliphatic heterocycles. The number of aromatic nitrogens is 1. The van der Waals surface area contributed by atoms with Crippen LogP contribution >= 0.6 is 0 Å². The van der Waals surface area contributed by atoms with Gasteiger partial charge in [0.15, 0.2) is 0 Å². The molecule has 0 spiro atoms. The van der Waals surface area contributed by atoms with E-state index in [4.69, 9.17) is 5.11 Å². The summed E-state index contributed by atoms with van der Waals surface area (Å²) in [5, 5.41) is 8.88. The predicted molar refractivity (Wildman–Crippen MR) is 92.0 cm³/mol. The zero-order valence-corrected chi connectivity index (χ0v) is 13.5. The molecule has 1 N–H and O–H groups in total. The predicted octanol–water partition coefficient (Wildman–Crippen LogP) is 4.68. The zero-order valence-electron chi connectivity index (χ0n) is 13.5. The Balaban J connectivity index is 2.23. The lowest BCUT2D eigenvalue weighted by atomic mass is 10.1. The molecule has 1 heterocycles. The zero-order chi connectivity index (χ0) is 18.4. The highest BCUT2D eigenvalue weighted by atomic mass is 19.3. The Hall–Kier alpha value is -3.15. The third kappa shape index (κ3) is 4.91. The number of carboxylic acids is 1. The average molecular weight is 345 g/mol. The van der Waals surface area contributed by atoms with E-state index in [0.717, 1.165) is 16.8 Å². The number of halogens is 2. The molecular weight excluding hydrogens is 328 g/mol. The average Bonchev–Trinajstić information content (AvgIpc) is 3.05. The van der Waals surface area contributed by atoms with Crippen LogP contribution in [0.5, 0.6) is 5.75 Å². The van der Waals surface area contributed by atoms with Gasteiger partial charge in [-0.2, -0.15) is 8.78 Å². The minimum atomic E-state index is -2.85. The van der Waals surface area contributed by atoms with E-state index in [9.17, 15) is 13.6 Å². The monoisotopic (exact) mass is 345 g/mol. The van der Waals surface area contributed by atoms with Crippen LogP contribution in [-0.2, 0) is 4.79 Å². The van der Waals surface area contributed by atoms with E-state index in [0.29, 0.717) is 0 Å². The summed E-state index contributed by atoms with van der Waals surface area (Å²) in [5.74, 6) is -0.893. The number of carbonyl (C=O) groups is 1. The third-order valence-electron chi connectivity index (χ3n) is 3.46. The van der Waals surface area contributed by atoms with Gasteiger partial charge in [-0.25, -0.2) is 4.79 Å². The van der Waals surface area contributed by atoms with Crippen molar-refractivity contribution in [2.45, 2.75) is 13.5 Å². The minimum Gasteiger partial charge on any atom is -0.478 e. The SMILES string of the molecule is C=C/C(=C\C=C(/C)C(=O)O)c1ccn(-c2ccc(OC(F)F)cc2)c1. The van der Waals surface area contributed by atoms with Crippen LogP contribution in [0.15, 0.2) is 73.1 Å². The molecule has 1 aromatic carbocycles. The standard InChI is InChI=1S/C19H17F2NO3/c1-3-14(5-4-13(2)18(23)24)15-10-11-22(12-15)16-6-8-17(9-7-16)25-19(20)21/h3-12,19H,1H2,2H3,(H,23,24)/b13-4+,14-5+. The van der Waals surface area contributed by atoms with Crippen molar-refractivity contribution in [1.82, 2.24) is 4.57 Å². The first kappa shape index (κ1) is 18.2. The summed E-state index contributed by atoms with van der Waals surface area (Å²) in [5.41, 5.74) is 2.59. The normalized spacial score (nSPS) is 12.3. The molecule has 0 aliphatic rings. The molecule has 0 fully saturated rings. The fourth-order valence-electron chi connectivity index (χ4n) is 2.10. The first-order valence-corrected chi connectivity index (χ1v) is 7.38. The molecule has 0 radical (unpaired) electrons. The molecule has 0 saturated heterocycles. The highest BCUT2D eigenvalue weighted by Gasteiger charge is 2.06. The Morgan fingerprint density at radius 3 is 2.48 bits per heavy atom. The summed E-state index contributed by atoms with van der Waals surface area (Å²) in [4.78, 5) is 10.8. The van der Waals surface area contributed by atoms with Crippen molar-refractivity contribution in [1.29, 1.82) is 0 Å². The number of carboxylic acid groups (broad SMARTS) is 1. The van der Waals surface area contributed by atoms with E-state index in [1.54, 1.807) is 24.3 Å². The fourth-order valence-corrected chi connectivity index (χ4v) is 2.10. The van der Waals surface area contributed by atoms with Gasteiger partial charge in [-0.05, 0) is 48.4 Å². The Bertz CT molecular complexity index is 817. The Labute approximate surface area is 144 Å². The highest BCUT2D eigenvalue weighted by Crippen LogP contribution is 2.21. The van der Waals surface area contributed by atoms with Crippen LogP contribution < -0.4 is 4.74 Å². The lowest BCUT2D eigenvalue weighted by Gasteiger charge is -2.06. The Kier molecular flexibility index (Phi) is 5.89. The van der Waals surface area contributed by atoms with Crippen molar-refractivity contribution >= 4 is 11.5 Å². The number of ether oxygens (including phenoxy) is 1. The number of hydrogen-bond acceptors (Lipinski definition) is 2. The number of hydrogen-bond donors (Lipinski definition) is 1. The van der Waals surface area contributed by atoms with Crippen LogP contribution in [0.25, 0.3) is 11.3 Å². The number of alkyl halides is 2. The van der Waals surface area contributed by atoms with Crippen LogP contribution in [0.2, 0.25) is 0 Å². The second-order valence-corrected chi connectivity index (χ2v) is 5.16. The quantitative estimate of drug-likeness (QED) is 0.586. The van der Waals surface area contributed by atoms with Crippen LogP contribution in [0.3, 0.4) is 0 Å². The molecule has 0 aliphatic carbocycles. The molecule has 0 saturated carbocycles. The van der Waals surface area contributed by atoms with Gasteiger partial charge in [0.2, 0.25) is 0 Å². The molecule has 1 aromatic heterocycles. The van der Waals surface area contributed by atoms with Gasteiger partial charge in [0.05, 0.1) is 0 Å². The molecule has 0 amide bonds. The maximum Gasteiger partial charge on any atom is 0.387 e. The molecule has 130 valence electrons. The summed E-state index contributed by atoms with van der Waals surface area (Å²) in [6.45, 7) is 2.39. The van der Waals surface area contributed by atoms with Crippen LogP contribution in [0.1, 0.15) is 12.5 Å². The van der Waals surface area contributed by atoms with Gasteiger partial charge < -0.3 is 14.4 Å². The topological polar surface area (TPSA) is 51.5 Å². The Morgan fingerprint density at radius 1 is 1.24 bits per heavy atom. The van der Waals surface area contributed by atoms with Gasteiger partial charge in [0.1, 0.15) is 5.75 Å². The molecule has 0 bridgehead atoms. The highest BCUT2D eigenvalue weighted by molar-refractivity contribution is 5.87. The summed E-state index contributed by atoms with van der Waals surface area (Å²) >= 11 is 0. The van der Waals surface area contributed by atoms with Gasteiger partial charge in [-0.1, -0.05) is 24.8 Å². The van der Waals surface area contributed by atoms with Gasteiger partial charge in [0.25, 0.3) is 0 Å². The van der Waals surface area contributed by atoms with Crippen LogP contribution in [0, 0.1) is 0 Å². The lowest BCUT2D eigenvalue weighted by Crippen LogP contribution is -2.01. The molecule has 25 heavy (non-hydrogen) atoms. The smallest absolute Gasteiger partial charge is 0.387 e. The van der Waals surface area contributed by atoms with Crippen molar-refractivity contribution in [2.24, 2.45) is 0 Å². The molecule has 2 aromatic rings. The van der Waals surface area contributed by atoms with E-state index in [-0.39, 0.29) is 11.3 Å². The van der Waals surface area contributed by atoms with Gasteiger partial charge in [-0.15, -0.1) is 0 Å². The molecule has 0 unspecified atom stereocenters.